The van der Waals surface area contributed by atoms with Crippen molar-refractivity contribution in [1.29, 1.82) is 0 Å². The van der Waals surface area contributed by atoms with Gasteiger partial charge in [-0.2, -0.15) is 0 Å². The number of fused-ring (bicyclic) bond motifs is 3. The molecule has 0 aliphatic heterocycles. The first-order valence-corrected chi connectivity index (χ1v) is 8.63. The van der Waals surface area contributed by atoms with Gasteiger partial charge in [-0.3, -0.25) is 0 Å². The van der Waals surface area contributed by atoms with Crippen LogP contribution in [0.15, 0.2) is 80.4 Å². The van der Waals surface area contributed by atoms with Crippen LogP contribution in [0.3, 0.4) is 0 Å². The van der Waals surface area contributed by atoms with Crippen LogP contribution in [0.5, 0.6) is 0 Å². The first kappa shape index (κ1) is 15.8. The minimum absolute atomic E-state index is 0.0914. The van der Waals surface area contributed by atoms with Gasteiger partial charge in [-0.25, -0.2) is 4.79 Å². The van der Waals surface area contributed by atoms with E-state index in [9.17, 15) is 4.79 Å². The molecule has 5 rings (SSSR count). The molecule has 0 fully saturated rings. The highest BCUT2D eigenvalue weighted by atomic mass is 35.5. The molecule has 2 heterocycles. The van der Waals surface area contributed by atoms with Gasteiger partial charge in [0.05, 0.1) is 10.6 Å². The van der Waals surface area contributed by atoms with Crippen LogP contribution in [0.25, 0.3) is 44.7 Å². The summed E-state index contributed by atoms with van der Waals surface area (Å²) in [7, 11) is 0. The Morgan fingerprint density at radius 1 is 0.741 bits per heavy atom. The standard InChI is InChI=1S/C21H11ClN2O3/c22-17-8-4-3-7-15(17)19-23-24-20(27-19)16-11-13-10-9-12-5-1-2-6-14(12)18(13)26-21(16)25/h1-11H. The summed E-state index contributed by atoms with van der Waals surface area (Å²) in [5.41, 5.74) is 0.818. The monoisotopic (exact) mass is 374 g/mol. The van der Waals surface area contributed by atoms with Gasteiger partial charge in [-0.1, -0.05) is 60.1 Å². The number of aromatic nitrogens is 2. The second-order valence-corrected chi connectivity index (χ2v) is 6.45. The van der Waals surface area contributed by atoms with Gasteiger partial charge in [0.15, 0.2) is 0 Å². The summed E-state index contributed by atoms with van der Waals surface area (Å²) in [4.78, 5) is 12.6. The minimum atomic E-state index is -0.534. The van der Waals surface area contributed by atoms with Crippen LogP contribution in [0.1, 0.15) is 0 Å². The molecule has 0 saturated heterocycles. The molecular weight excluding hydrogens is 364 g/mol. The van der Waals surface area contributed by atoms with Gasteiger partial charge in [0, 0.05) is 10.8 Å². The fourth-order valence-corrected chi connectivity index (χ4v) is 3.29. The van der Waals surface area contributed by atoms with Gasteiger partial charge in [-0.05, 0) is 23.6 Å². The molecule has 5 nitrogen and oxygen atoms in total. The van der Waals surface area contributed by atoms with Crippen molar-refractivity contribution in [1.82, 2.24) is 10.2 Å². The van der Waals surface area contributed by atoms with E-state index in [0.29, 0.717) is 16.2 Å². The van der Waals surface area contributed by atoms with E-state index in [-0.39, 0.29) is 17.3 Å². The van der Waals surface area contributed by atoms with E-state index in [1.165, 1.54) is 0 Å². The normalized spacial score (nSPS) is 11.3. The van der Waals surface area contributed by atoms with Crippen molar-refractivity contribution in [2.45, 2.75) is 0 Å². The molecule has 130 valence electrons. The lowest BCUT2D eigenvalue weighted by Crippen LogP contribution is -2.03. The first-order chi connectivity index (χ1) is 13.2. The lowest BCUT2D eigenvalue weighted by molar-refractivity contribution is 0.549. The van der Waals surface area contributed by atoms with E-state index in [1.54, 1.807) is 18.2 Å². The predicted octanol–water partition coefficient (Wildman–Crippen LogP) is 5.32. The van der Waals surface area contributed by atoms with Gasteiger partial charge in [-0.15, -0.1) is 10.2 Å². The van der Waals surface area contributed by atoms with Crippen molar-refractivity contribution < 1.29 is 8.83 Å². The maximum absolute atomic E-state index is 12.6. The molecule has 0 amide bonds. The summed E-state index contributed by atoms with van der Waals surface area (Å²) in [5, 5.41) is 11.2. The van der Waals surface area contributed by atoms with Crippen molar-refractivity contribution in [2.24, 2.45) is 0 Å². The van der Waals surface area contributed by atoms with E-state index in [2.05, 4.69) is 10.2 Å². The topological polar surface area (TPSA) is 69.1 Å². The van der Waals surface area contributed by atoms with E-state index >= 15 is 0 Å². The highest BCUT2D eigenvalue weighted by Gasteiger charge is 2.17. The zero-order chi connectivity index (χ0) is 18.4. The fraction of sp³-hybridized carbons (Fsp3) is 0. The molecular formula is C21H11ClN2O3. The quantitative estimate of drug-likeness (QED) is 0.309. The molecule has 0 aliphatic carbocycles. The Balaban J connectivity index is 1.68. The third-order valence-corrected chi connectivity index (χ3v) is 4.71. The molecule has 0 radical (unpaired) electrons. The second kappa shape index (κ2) is 6.07. The van der Waals surface area contributed by atoms with Gasteiger partial charge in [0.2, 0.25) is 5.89 Å². The fourth-order valence-electron chi connectivity index (χ4n) is 3.07. The van der Waals surface area contributed by atoms with E-state index in [0.717, 1.165) is 16.2 Å². The number of halogens is 1. The smallest absolute Gasteiger partial charge is 0.349 e. The molecule has 0 spiro atoms. The molecule has 3 aromatic carbocycles. The van der Waals surface area contributed by atoms with Crippen molar-refractivity contribution >= 4 is 33.3 Å². The summed E-state index contributed by atoms with van der Waals surface area (Å²) in [6.07, 6.45) is 0. The van der Waals surface area contributed by atoms with Gasteiger partial charge >= 0.3 is 5.63 Å². The Kier molecular flexibility index (Phi) is 3.55. The van der Waals surface area contributed by atoms with Crippen LogP contribution >= 0.6 is 11.6 Å². The van der Waals surface area contributed by atoms with E-state index in [1.807, 2.05) is 48.5 Å². The van der Waals surface area contributed by atoms with Gasteiger partial charge < -0.3 is 8.83 Å². The third kappa shape index (κ3) is 2.60. The average Bonchev–Trinajstić information content (AvgIpc) is 3.17. The van der Waals surface area contributed by atoms with Crippen molar-refractivity contribution in [3.05, 3.63) is 82.2 Å². The SMILES string of the molecule is O=c1oc2c(ccc3ccccc32)cc1-c1nnc(-c2ccccc2Cl)o1. The van der Waals surface area contributed by atoms with Crippen molar-refractivity contribution in [2.75, 3.05) is 0 Å². The third-order valence-electron chi connectivity index (χ3n) is 4.38. The Morgan fingerprint density at radius 3 is 2.30 bits per heavy atom. The summed E-state index contributed by atoms with van der Waals surface area (Å²) in [5.74, 6) is 0.335. The van der Waals surface area contributed by atoms with Crippen molar-refractivity contribution in [3.63, 3.8) is 0 Å². The molecule has 2 aromatic heterocycles. The molecule has 6 heteroatoms. The maximum atomic E-state index is 12.6. The number of nitrogens with zero attached hydrogens (tertiary/aromatic N) is 2. The number of hydrogen-bond donors (Lipinski definition) is 0. The van der Waals surface area contributed by atoms with Crippen LogP contribution < -0.4 is 5.63 Å². The van der Waals surface area contributed by atoms with Crippen molar-refractivity contribution in [3.8, 4) is 22.9 Å². The second-order valence-electron chi connectivity index (χ2n) is 6.04. The lowest BCUT2D eigenvalue weighted by Gasteiger charge is -2.03. The molecule has 0 saturated carbocycles. The Morgan fingerprint density at radius 2 is 1.44 bits per heavy atom. The van der Waals surface area contributed by atoms with Gasteiger partial charge in [0.25, 0.3) is 5.89 Å². The molecule has 0 atom stereocenters. The number of rotatable bonds is 2. The molecule has 0 N–H and O–H groups in total. The summed E-state index contributed by atoms with van der Waals surface area (Å²) >= 11 is 6.17. The van der Waals surface area contributed by atoms with Crippen LogP contribution in [0.2, 0.25) is 5.02 Å². The number of benzene rings is 3. The van der Waals surface area contributed by atoms with Crippen LogP contribution in [0.4, 0.5) is 0 Å². The van der Waals surface area contributed by atoms with Crippen LogP contribution in [-0.2, 0) is 0 Å². The van der Waals surface area contributed by atoms with E-state index < -0.39 is 5.63 Å². The van der Waals surface area contributed by atoms with Crippen LogP contribution in [-0.4, -0.2) is 10.2 Å². The van der Waals surface area contributed by atoms with Crippen LogP contribution in [0, 0.1) is 0 Å². The Hall–Kier alpha value is -3.44. The highest BCUT2D eigenvalue weighted by molar-refractivity contribution is 6.33. The molecule has 0 bridgehead atoms. The zero-order valence-corrected chi connectivity index (χ0v) is 14.6. The molecule has 27 heavy (non-hydrogen) atoms. The predicted molar refractivity (Wildman–Crippen MR) is 104 cm³/mol. The lowest BCUT2D eigenvalue weighted by atomic mass is 10.1. The Bertz CT molecular complexity index is 1370. The van der Waals surface area contributed by atoms with Gasteiger partial charge in [0.1, 0.15) is 11.1 Å². The zero-order valence-electron chi connectivity index (χ0n) is 13.8. The summed E-state index contributed by atoms with van der Waals surface area (Å²) in [6, 6.07) is 20.5. The average molecular weight is 375 g/mol. The maximum Gasteiger partial charge on any atom is 0.349 e. The minimum Gasteiger partial charge on any atom is -0.421 e. The van der Waals surface area contributed by atoms with E-state index in [4.69, 9.17) is 20.4 Å². The number of hydrogen-bond acceptors (Lipinski definition) is 5. The summed E-state index contributed by atoms with van der Waals surface area (Å²) < 4.78 is 11.3. The molecule has 0 aliphatic rings. The first-order valence-electron chi connectivity index (χ1n) is 8.25. The summed E-state index contributed by atoms with van der Waals surface area (Å²) in [6.45, 7) is 0. The highest BCUT2D eigenvalue weighted by Crippen LogP contribution is 2.30. The largest absolute Gasteiger partial charge is 0.421 e. The molecule has 5 aromatic rings. The Labute approximate surface area is 157 Å². The molecule has 0 unspecified atom stereocenters.